The molecule has 6 heteroatoms. The Morgan fingerprint density at radius 2 is 1.91 bits per heavy atom. The molecule has 0 N–H and O–H groups in total. The molecule has 124 valence electrons. The molecule has 1 saturated heterocycles. The SMILES string of the molecule is C=C(C)C(=O)N1CCN(C)C(C(=C)C(=O)OCCOCC)C1. The van der Waals surface area contributed by atoms with Crippen molar-refractivity contribution in [2.45, 2.75) is 19.9 Å². The Balaban J connectivity index is 2.59. The monoisotopic (exact) mass is 310 g/mol. The van der Waals surface area contributed by atoms with E-state index in [1.165, 1.54) is 0 Å². The van der Waals surface area contributed by atoms with E-state index >= 15 is 0 Å². The Hall–Kier alpha value is -1.66. The van der Waals surface area contributed by atoms with Crippen molar-refractivity contribution in [2.24, 2.45) is 0 Å². The summed E-state index contributed by atoms with van der Waals surface area (Å²) in [6.45, 7) is 14.0. The summed E-state index contributed by atoms with van der Waals surface area (Å²) in [5, 5.41) is 0. The maximum atomic E-state index is 12.0. The van der Waals surface area contributed by atoms with Crippen molar-refractivity contribution < 1.29 is 19.1 Å². The predicted octanol–water partition coefficient (Wildman–Crippen LogP) is 0.841. The molecule has 0 radical (unpaired) electrons. The van der Waals surface area contributed by atoms with E-state index in [1.54, 1.807) is 11.8 Å². The molecule has 0 spiro atoms. The Labute approximate surface area is 132 Å². The van der Waals surface area contributed by atoms with Gasteiger partial charge in [0.25, 0.3) is 0 Å². The van der Waals surface area contributed by atoms with Crippen molar-refractivity contribution in [2.75, 3.05) is 46.5 Å². The van der Waals surface area contributed by atoms with E-state index in [0.29, 0.717) is 44.0 Å². The second-order valence-electron chi connectivity index (χ2n) is 5.39. The van der Waals surface area contributed by atoms with Gasteiger partial charge >= 0.3 is 5.97 Å². The molecule has 1 rings (SSSR count). The number of amides is 1. The highest BCUT2D eigenvalue weighted by molar-refractivity contribution is 5.93. The number of nitrogens with zero attached hydrogens (tertiary/aromatic N) is 2. The number of piperazine rings is 1. The number of hydrogen-bond donors (Lipinski definition) is 0. The molecular weight excluding hydrogens is 284 g/mol. The zero-order valence-corrected chi connectivity index (χ0v) is 13.8. The molecule has 1 aliphatic rings. The van der Waals surface area contributed by atoms with Gasteiger partial charge in [0, 0.05) is 37.4 Å². The Morgan fingerprint density at radius 1 is 1.23 bits per heavy atom. The largest absolute Gasteiger partial charge is 0.460 e. The molecule has 0 saturated carbocycles. The standard InChI is InChI=1S/C16H26N2O4/c1-6-21-9-10-22-16(20)13(4)14-11-18(8-7-17(14)5)15(19)12(2)3/h14H,2,4,6-11H2,1,3,5H3. The van der Waals surface area contributed by atoms with Gasteiger partial charge in [-0.1, -0.05) is 13.2 Å². The van der Waals surface area contributed by atoms with Crippen LogP contribution in [0.2, 0.25) is 0 Å². The van der Waals surface area contributed by atoms with Crippen LogP contribution in [-0.2, 0) is 19.1 Å². The summed E-state index contributed by atoms with van der Waals surface area (Å²) < 4.78 is 10.3. The summed E-state index contributed by atoms with van der Waals surface area (Å²) in [7, 11) is 1.91. The van der Waals surface area contributed by atoms with Crippen LogP contribution in [-0.4, -0.2) is 74.2 Å². The molecule has 0 bridgehead atoms. The lowest BCUT2D eigenvalue weighted by molar-refractivity contribution is -0.142. The van der Waals surface area contributed by atoms with Crippen LogP contribution in [0.4, 0.5) is 0 Å². The maximum Gasteiger partial charge on any atom is 0.335 e. The molecule has 1 aliphatic heterocycles. The van der Waals surface area contributed by atoms with Crippen molar-refractivity contribution in [3.05, 3.63) is 24.3 Å². The second-order valence-corrected chi connectivity index (χ2v) is 5.39. The molecule has 1 amide bonds. The molecule has 0 aromatic rings. The number of esters is 1. The molecule has 1 unspecified atom stereocenters. The van der Waals surface area contributed by atoms with E-state index in [-0.39, 0.29) is 18.6 Å². The first kappa shape index (κ1) is 18.4. The van der Waals surface area contributed by atoms with Gasteiger partial charge in [0.05, 0.1) is 12.6 Å². The van der Waals surface area contributed by atoms with Crippen LogP contribution in [0.1, 0.15) is 13.8 Å². The summed E-state index contributed by atoms with van der Waals surface area (Å²) >= 11 is 0. The highest BCUT2D eigenvalue weighted by Gasteiger charge is 2.32. The van der Waals surface area contributed by atoms with E-state index < -0.39 is 5.97 Å². The Bertz CT molecular complexity index is 447. The van der Waals surface area contributed by atoms with Crippen molar-refractivity contribution in [1.29, 1.82) is 0 Å². The molecule has 0 aromatic heterocycles. The van der Waals surface area contributed by atoms with E-state index in [1.807, 2.05) is 18.9 Å². The van der Waals surface area contributed by atoms with Gasteiger partial charge in [0.1, 0.15) is 6.61 Å². The van der Waals surface area contributed by atoms with Crippen LogP contribution < -0.4 is 0 Å². The van der Waals surface area contributed by atoms with Gasteiger partial charge in [-0.15, -0.1) is 0 Å². The molecular formula is C16H26N2O4. The Morgan fingerprint density at radius 3 is 2.50 bits per heavy atom. The molecule has 1 heterocycles. The molecule has 1 fully saturated rings. The summed E-state index contributed by atoms with van der Waals surface area (Å²) in [5.41, 5.74) is 0.853. The number of carbonyl (C=O) groups is 2. The molecule has 0 aromatic carbocycles. The average Bonchev–Trinajstić information content (AvgIpc) is 2.50. The Kier molecular flexibility index (Phi) is 7.27. The fourth-order valence-electron chi connectivity index (χ4n) is 2.27. The molecule has 0 aliphatic carbocycles. The van der Waals surface area contributed by atoms with Crippen LogP contribution in [0.15, 0.2) is 24.3 Å². The number of ether oxygens (including phenoxy) is 2. The van der Waals surface area contributed by atoms with Gasteiger partial charge < -0.3 is 14.4 Å². The first-order valence-electron chi connectivity index (χ1n) is 7.47. The minimum absolute atomic E-state index is 0.0874. The van der Waals surface area contributed by atoms with Crippen LogP contribution in [0.3, 0.4) is 0 Å². The van der Waals surface area contributed by atoms with E-state index in [4.69, 9.17) is 9.47 Å². The van der Waals surface area contributed by atoms with Gasteiger partial charge in [-0.2, -0.15) is 0 Å². The zero-order valence-electron chi connectivity index (χ0n) is 13.8. The number of hydrogen-bond acceptors (Lipinski definition) is 5. The molecule has 1 atom stereocenters. The minimum Gasteiger partial charge on any atom is -0.460 e. The predicted molar refractivity (Wildman–Crippen MR) is 84.4 cm³/mol. The third-order valence-corrected chi connectivity index (χ3v) is 3.63. The normalized spacial score (nSPS) is 18.9. The summed E-state index contributed by atoms with van der Waals surface area (Å²) in [5.74, 6) is -0.531. The topological polar surface area (TPSA) is 59.1 Å². The molecule has 6 nitrogen and oxygen atoms in total. The summed E-state index contributed by atoms with van der Waals surface area (Å²) in [4.78, 5) is 27.8. The summed E-state index contributed by atoms with van der Waals surface area (Å²) in [6.07, 6.45) is 0. The smallest absolute Gasteiger partial charge is 0.335 e. The highest BCUT2D eigenvalue weighted by Crippen LogP contribution is 2.17. The maximum absolute atomic E-state index is 12.0. The van der Waals surface area contributed by atoms with E-state index in [2.05, 4.69) is 13.2 Å². The van der Waals surface area contributed by atoms with E-state index in [9.17, 15) is 9.59 Å². The number of carbonyl (C=O) groups excluding carboxylic acids is 2. The van der Waals surface area contributed by atoms with Crippen molar-refractivity contribution in [3.8, 4) is 0 Å². The van der Waals surface area contributed by atoms with E-state index in [0.717, 1.165) is 0 Å². The zero-order chi connectivity index (χ0) is 16.7. The van der Waals surface area contributed by atoms with Gasteiger partial charge in [0.15, 0.2) is 0 Å². The van der Waals surface area contributed by atoms with Gasteiger partial charge in [-0.25, -0.2) is 4.79 Å². The lowest BCUT2D eigenvalue weighted by Gasteiger charge is -2.39. The fourth-order valence-corrected chi connectivity index (χ4v) is 2.27. The highest BCUT2D eigenvalue weighted by atomic mass is 16.6. The van der Waals surface area contributed by atoms with Crippen LogP contribution >= 0.6 is 0 Å². The van der Waals surface area contributed by atoms with Crippen LogP contribution in [0, 0.1) is 0 Å². The van der Waals surface area contributed by atoms with Crippen molar-refractivity contribution in [1.82, 2.24) is 9.80 Å². The quantitative estimate of drug-likeness (QED) is 0.396. The van der Waals surface area contributed by atoms with Gasteiger partial charge in [-0.3, -0.25) is 9.69 Å². The third kappa shape index (κ3) is 4.96. The lowest BCUT2D eigenvalue weighted by atomic mass is 10.0. The number of rotatable bonds is 7. The summed E-state index contributed by atoms with van der Waals surface area (Å²) in [6, 6.07) is -0.239. The van der Waals surface area contributed by atoms with Crippen molar-refractivity contribution >= 4 is 11.9 Å². The van der Waals surface area contributed by atoms with Crippen LogP contribution in [0.5, 0.6) is 0 Å². The molecule has 22 heavy (non-hydrogen) atoms. The van der Waals surface area contributed by atoms with Gasteiger partial charge in [-0.05, 0) is 20.9 Å². The first-order valence-corrected chi connectivity index (χ1v) is 7.47. The van der Waals surface area contributed by atoms with Gasteiger partial charge in [0.2, 0.25) is 5.91 Å². The minimum atomic E-state index is -0.443. The third-order valence-electron chi connectivity index (χ3n) is 3.63. The first-order chi connectivity index (χ1) is 10.4. The fraction of sp³-hybridized carbons (Fsp3) is 0.625. The number of likely N-dealkylation sites (N-methyl/N-ethyl adjacent to an activating group) is 1. The van der Waals surface area contributed by atoms with Crippen LogP contribution in [0.25, 0.3) is 0 Å². The second kappa shape index (κ2) is 8.70. The lowest BCUT2D eigenvalue weighted by Crippen LogP contribution is -2.54. The average molecular weight is 310 g/mol. The van der Waals surface area contributed by atoms with Crippen molar-refractivity contribution in [3.63, 3.8) is 0 Å².